The summed E-state index contributed by atoms with van der Waals surface area (Å²) in [7, 11) is 1.36. The van der Waals surface area contributed by atoms with E-state index in [9.17, 15) is 9.59 Å². The van der Waals surface area contributed by atoms with Gasteiger partial charge in [-0.05, 0) is 6.08 Å². The van der Waals surface area contributed by atoms with Crippen LogP contribution in [-0.4, -0.2) is 55.1 Å². The SMILES string of the molecule is C=CC[n+]1ccc(C(=O)N2CCN(C(=O)OC)CC2)cc1. The molecule has 6 nitrogen and oxygen atoms in total. The first kappa shape index (κ1) is 15.0. The molecule has 0 N–H and O–H groups in total. The van der Waals surface area contributed by atoms with Crippen molar-refractivity contribution < 1.29 is 18.9 Å². The van der Waals surface area contributed by atoms with Crippen LogP contribution in [0.3, 0.4) is 0 Å². The number of pyridine rings is 1. The number of allylic oxidation sites excluding steroid dienone is 1. The fraction of sp³-hybridized carbons (Fsp3) is 0.400. The molecule has 0 aliphatic carbocycles. The van der Waals surface area contributed by atoms with E-state index in [1.165, 1.54) is 7.11 Å². The quantitative estimate of drug-likeness (QED) is 0.608. The van der Waals surface area contributed by atoms with Crippen LogP contribution in [0.15, 0.2) is 37.2 Å². The average molecular weight is 290 g/mol. The lowest BCUT2D eigenvalue weighted by Gasteiger charge is -2.33. The van der Waals surface area contributed by atoms with E-state index in [2.05, 4.69) is 11.3 Å². The smallest absolute Gasteiger partial charge is 0.409 e. The summed E-state index contributed by atoms with van der Waals surface area (Å²) in [5.74, 6) is -0.00901. The van der Waals surface area contributed by atoms with Crippen LogP contribution < -0.4 is 4.57 Å². The monoisotopic (exact) mass is 290 g/mol. The zero-order valence-electron chi connectivity index (χ0n) is 12.2. The van der Waals surface area contributed by atoms with Crippen molar-refractivity contribution in [2.45, 2.75) is 6.54 Å². The van der Waals surface area contributed by atoms with E-state index >= 15 is 0 Å². The van der Waals surface area contributed by atoms with Gasteiger partial charge in [0, 0.05) is 38.3 Å². The van der Waals surface area contributed by atoms with Crippen molar-refractivity contribution in [2.75, 3.05) is 33.3 Å². The van der Waals surface area contributed by atoms with Gasteiger partial charge in [0.1, 0.15) is 0 Å². The third-order valence-corrected chi connectivity index (χ3v) is 3.48. The highest BCUT2D eigenvalue weighted by Gasteiger charge is 2.25. The Bertz CT molecular complexity index is 519. The van der Waals surface area contributed by atoms with Gasteiger partial charge in [0.05, 0.1) is 12.7 Å². The molecule has 2 heterocycles. The molecule has 21 heavy (non-hydrogen) atoms. The Morgan fingerprint density at radius 2 is 1.81 bits per heavy atom. The van der Waals surface area contributed by atoms with Crippen molar-refractivity contribution in [2.24, 2.45) is 0 Å². The predicted octanol–water partition coefficient (Wildman–Crippen LogP) is 0.684. The van der Waals surface area contributed by atoms with E-state index in [1.807, 2.05) is 17.0 Å². The van der Waals surface area contributed by atoms with Crippen molar-refractivity contribution in [3.63, 3.8) is 0 Å². The highest BCUT2D eigenvalue weighted by Crippen LogP contribution is 2.08. The summed E-state index contributed by atoms with van der Waals surface area (Å²) in [5, 5.41) is 0. The molecule has 0 radical (unpaired) electrons. The largest absolute Gasteiger partial charge is 0.453 e. The minimum Gasteiger partial charge on any atom is -0.453 e. The van der Waals surface area contributed by atoms with Crippen molar-refractivity contribution in [3.05, 3.63) is 42.7 Å². The maximum atomic E-state index is 12.4. The van der Waals surface area contributed by atoms with Crippen LogP contribution in [0.1, 0.15) is 10.4 Å². The molecule has 1 aliphatic rings. The molecule has 2 amide bonds. The second-order valence-electron chi connectivity index (χ2n) is 4.82. The third-order valence-electron chi connectivity index (χ3n) is 3.48. The van der Waals surface area contributed by atoms with Crippen LogP contribution in [0.25, 0.3) is 0 Å². The molecule has 0 atom stereocenters. The first-order chi connectivity index (χ1) is 10.2. The zero-order valence-corrected chi connectivity index (χ0v) is 12.2. The lowest BCUT2D eigenvalue weighted by Crippen LogP contribution is -2.50. The molecule has 1 aromatic rings. The zero-order chi connectivity index (χ0) is 15.2. The van der Waals surface area contributed by atoms with Gasteiger partial charge >= 0.3 is 6.09 Å². The van der Waals surface area contributed by atoms with Crippen molar-refractivity contribution in [1.82, 2.24) is 9.80 Å². The topological polar surface area (TPSA) is 53.7 Å². The van der Waals surface area contributed by atoms with Gasteiger partial charge in [-0.15, -0.1) is 0 Å². The Hall–Kier alpha value is -2.37. The number of hydrogen-bond acceptors (Lipinski definition) is 3. The number of methoxy groups -OCH3 is 1. The number of carbonyl (C=O) groups is 2. The van der Waals surface area contributed by atoms with Gasteiger partial charge in [0.15, 0.2) is 18.9 Å². The predicted molar refractivity (Wildman–Crippen MR) is 76.7 cm³/mol. The summed E-state index contributed by atoms with van der Waals surface area (Å²) in [4.78, 5) is 27.1. The molecule has 0 saturated carbocycles. The van der Waals surface area contributed by atoms with Crippen LogP contribution in [0.2, 0.25) is 0 Å². The summed E-state index contributed by atoms with van der Waals surface area (Å²) in [6, 6.07) is 3.61. The lowest BCUT2D eigenvalue weighted by atomic mass is 10.2. The summed E-state index contributed by atoms with van der Waals surface area (Å²) in [5.41, 5.74) is 0.654. The molecular formula is C15H20N3O3+. The minimum atomic E-state index is -0.340. The molecule has 1 aromatic heterocycles. The number of piperazine rings is 1. The average Bonchev–Trinajstić information content (AvgIpc) is 2.54. The van der Waals surface area contributed by atoms with E-state index in [4.69, 9.17) is 0 Å². The molecule has 0 aromatic carbocycles. The Kier molecular flexibility index (Phi) is 4.92. The number of hydrogen-bond donors (Lipinski definition) is 0. The highest BCUT2D eigenvalue weighted by molar-refractivity contribution is 5.94. The Balaban J connectivity index is 1.95. The number of ether oxygens (including phenoxy) is 1. The number of rotatable bonds is 3. The number of carbonyl (C=O) groups excluding carboxylic acids is 2. The number of nitrogens with zero attached hydrogens (tertiary/aromatic N) is 3. The van der Waals surface area contributed by atoms with E-state index in [-0.39, 0.29) is 12.0 Å². The summed E-state index contributed by atoms with van der Waals surface area (Å²) in [6.07, 6.45) is 5.18. The Morgan fingerprint density at radius 3 is 2.33 bits per heavy atom. The number of amides is 2. The van der Waals surface area contributed by atoms with Crippen LogP contribution >= 0.6 is 0 Å². The van der Waals surface area contributed by atoms with Gasteiger partial charge in [0.25, 0.3) is 5.91 Å². The highest BCUT2D eigenvalue weighted by atomic mass is 16.5. The second kappa shape index (κ2) is 6.88. The maximum Gasteiger partial charge on any atom is 0.409 e. The normalized spacial score (nSPS) is 14.7. The molecule has 1 saturated heterocycles. The molecule has 6 heteroatoms. The fourth-order valence-corrected chi connectivity index (χ4v) is 2.27. The molecule has 0 unspecified atom stereocenters. The summed E-state index contributed by atoms with van der Waals surface area (Å²) >= 11 is 0. The van der Waals surface area contributed by atoms with Gasteiger partial charge in [-0.1, -0.05) is 6.58 Å². The number of aromatic nitrogens is 1. The van der Waals surface area contributed by atoms with Crippen molar-refractivity contribution in [3.8, 4) is 0 Å². The van der Waals surface area contributed by atoms with Gasteiger partial charge in [0.2, 0.25) is 0 Å². The Labute approximate surface area is 124 Å². The Morgan fingerprint density at radius 1 is 1.24 bits per heavy atom. The maximum absolute atomic E-state index is 12.4. The van der Waals surface area contributed by atoms with Gasteiger partial charge in [-0.3, -0.25) is 4.79 Å². The molecular weight excluding hydrogens is 270 g/mol. The van der Waals surface area contributed by atoms with Crippen LogP contribution in [-0.2, 0) is 11.3 Å². The van der Waals surface area contributed by atoms with E-state index in [0.29, 0.717) is 38.3 Å². The van der Waals surface area contributed by atoms with Crippen LogP contribution in [0.5, 0.6) is 0 Å². The van der Waals surface area contributed by atoms with E-state index < -0.39 is 0 Å². The lowest BCUT2D eigenvalue weighted by molar-refractivity contribution is -0.687. The third kappa shape index (κ3) is 3.59. The second-order valence-corrected chi connectivity index (χ2v) is 4.82. The molecule has 1 aliphatic heterocycles. The molecule has 112 valence electrons. The standard InChI is InChI=1S/C15H20N3O3/c1-3-6-16-7-4-13(5-8-16)14(19)17-9-11-18(12-10-17)15(20)21-2/h3-5,7-8H,1,6,9-12H2,2H3/q+1. The fourth-order valence-electron chi connectivity index (χ4n) is 2.27. The molecule has 0 bridgehead atoms. The van der Waals surface area contributed by atoms with Crippen molar-refractivity contribution >= 4 is 12.0 Å². The van der Waals surface area contributed by atoms with Gasteiger partial charge in [-0.25, -0.2) is 9.36 Å². The van der Waals surface area contributed by atoms with Crippen molar-refractivity contribution in [1.29, 1.82) is 0 Å². The van der Waals surface area contributed by atoms with E-state index in [0.717, 1.165) is 0 Å². The first-order valence-electron chi connectivity index (χ1n) is 6.88. The minimum absolute atomic E-state index is 0.00901. The summed E-state index contributed by atoms with van der Waals surface area (Å²) < 4.78 is 6.62. The van der Waals surface area contributed by atoms with Crippen LogP contribution in [0.4, 0.5) is 4.79 Å². The van der Waals surface area contributed by atoms with E-state index in [1.54, 1.807) is 28.0 Å². The molecule has 0 spiro atoms. The molecule has 1 fully saturated rings. The summed E-state index contributed by atoms with van der Waals surface area (Å²) in [6.45, 7) is 6.44. The van der Waals surface area contributed by atoms with Crippen LogP contribution in [0, 0.1) is 0 Å². The molecule has 2 rings (SSSR count). The van der Waals surface area contributed by atoms with Gasteiger partial charge in [-0.2, -0.15) is 0 Å². The first-order valence-corrected chi connectivity index (χ1v) is 6.88. The van der Waals surface area contributed by atoms with Gasteiger partial charge < -0.3 is 14.5 Å².